The van der Waals surface area contributed by atoms with Crippen molar-refractivity contribution < 1.29 is 32.6 Å². The van der Waals surface area contributed by atoms with Crippen LogP contribution in [0, 0.1) is 0 Å². The SMILES string of the molecule is CON=C(C)c1cccc2c1c(=O)c(C(=O)O)nn2-c1ccc(OC(F)(F)F)cc1. The quantitative estimate of drug-likeness (QED) is 0.501. The predicted octanol–water partition coefficient (Wildman–Crippen LogP) is 3.35. The summed E-state index contributed by atoms with van der Waals surface area (Å²) < 4.78 is 42.1. The molecule has 0 radical (unpaired) electrons. The van der Waals surface area contributed by atoms with Crippen molar-refractivity contribution in [2.24, 2.45) is 5.16 Å². The van der Waals surface area contributed by atoms with Gasteiger partial charge in [-0.3, -0.25) is 4.79 Å². The maximum Gasteiger partial charge on any atom is 0.573 e. The van der Waals surface area contributed by atoms with E-state index in [-0.39, 0.29) is 16.6 Å². The zero-order chi connectivity index (χ0) is 22.1. The molecule has 2 aromatic carbocycles. The number of carbonyl (C=O) groups is 1. The van der Waals surface area contributed by atoms with Crippen LogP contribution in [0.15, 0.2) is 52.4 Å². The Hall–Kier alpha value is -3.89. The van der Waals surface area contributed by atoms with Crippen molar-refractivity contribution in [3.05, 3.63) is 63.9 Å². The highest BCUT2D eigenvalue weighted by atomic mass is 19.4. The predicted molar refractivity (Wildman–Crippen MR) is 100 cm³/mol. The Morgan fingerprint density at radius 1 is 1.17 bits per heavy atom. The standard InChI is InChI=1S/C19H14F3N3O5/c1-10(24-29-2)13-4-3-5-14-15(13)17(26)16(18(27)28)23-25(14)11-6-8-12(9-7-11)30-19(20,21)22/h3-9H,1-2H3,(H,27,28). The Labute approximate surface area is 166 Å². The van der Waals surface area contributed by atoms with Crippen LogP contribution >= 0.6 is 0 Å². The third kappa shape index (κ3) is 4.09. The van der Waals surface area contributed by atoms with Gasteiger partial charge in [0.05, 0.1) is 22.3 Å². The fourth-order valence-corrected chi connectivity index (χ4v) is 2.89. The van der Waals surface area contributed by atoms with Gasteiger partial charge in [0.25, 0.3) is 0 Å². The molecule has 0 aliphatic heterocycles. The number of halogens is 3. The lowest BCUT2D eigenvalue weighted by Gasteiger charge is -2.14. The van der Waals surface area contributed by atoms with Crippen LogP contribution in [0.25, 0.3) is 16.6 Å². The minimum absolute atomic E-state index is 0.0267. The number of hydrogen-bond acceptors (Lipinski definition) is 6. The first-order valence-electron chi connectivity index (χ1n) is 8.36. The van der Waals surface area contributed by atoms with E-state index in [9.17, 15) is 27.9 Å². The van der Waals surface area contributed by atoms with E-state index >= 15 is 0 Å². The van der Waals surface area contributed by atoms with Crippen molar-refractivity contribution in [1.29, 1.82) is 0 Å². The summed E-state index contributed by atoms with van der Waals surface area (Å²) in [6.07, 6.45) is -4.85. The highest BCUT2D eigenvalue weighted by Gasteiger charge is 2.31. The number of hydrogen-bond donors (Lipinski definition) is 1. The zero-order valence-corrected chi connectivity index (χ0v) is 15.6. The summed E-state index contributed by atoms with van der Waals surface area (Å²) in [5.74, 6) is -2.01. The lowest BCUT2D eigenvalue weighted by Crippen LogP contribution is -2.24. The number of fused-ring (bicyclic) bond motifs is 1. The van der Waals surface area contributed by atoms with Crippen molar-refractivity contribution in [1.82, 2.24) is 9.78 Å². The van der Waals surface area contributed by atoms with Crippen molar-refractivity contribution in [2.75, 3.05) is 7.11 Å². The van der Waals surface area contributed by atoms with E-state index < -0.39 is 29.2 Å². The lowest BCUT2D eigenvalue weighted by atomic mass is 10.0. The molecule has 1 N–H and O–H groups in total. The molecule has 0 saturated carbocycles. The van der Waals surface area contributed by atoms with Gasteiger partial charge in [-0.05, 0) is 37.3 Å². The molecule has 156 valence electrons. The second-order valence-electron chi connectivity index (χ2n) is 6.00. The van der Waals surface area contributed by atoms with Crippen LogP contribution in [0.3, 0.4) is 0 Å². The molecule has 0 aliphatic carbocycles. The number of benzene rings is 2. The molecule has 1 aromatic heterocycles. The van der Waals surface area contributed by atoms with E-state index in [0.717, 1.165) is 16.8 Å². The molecule has 3 rings (SSSR count). The van der Waals surface area contributed by atoms with Gasteiger partial charge in [-0.1, -0.05) is 17.3 Å². The fraction of sp³-hybridized carbons (Fsp3) is 0.158. The van der Waals surface area contributed by atoms with Gasteiger partial charge in [-0.25, -0.2) is 9.48 Å². The maximum atomic E-state index is 12.8. The third-order valence-corrected chi connectivity index (χ3v) is 4.05. The number of carboxylic acid groups (broad SMARTS) is 1. The summed E-state index contributed by atoms with van der Waals surface area (Å²) in [6, 6.07) is 9.31. The molecule has 11 heteroatoms. The average molecular weight is 421 g/mol. The summed E-state index contributed by atoms with van der Waals surface area (Å²) >= 11 is 0. The molecular weight excluding hydrogens is 407 g/mol. The number of carboxylic acids is 1. The van der Waals surface area contributed by atoms with Crippen molar-refractivity contribution in [3.8, 4) is 11.4 Å². The molecule has 0 aliphatic rings. The number of rotatable bonds is 5. The van der Waals surface area contributed by atoms with Crippen LogP contribution < -0.4 is 10.2 Å². The van der Waals surface area contributed by atoms with Crippen LogP contribution in [-0.2, 0) is 4.84 Å². The molecule has 30 heavy (non-hydrogen) atoms. The first kappa shape index (κ1) is 20.8. The van der Waals surface area contributed by atoms with Crippen LogP contribution in [0.4, 0.5) is 13.2 Å². The van der Waals surface area contributed by atoms with Gasteiger partial charge in [-0.15, -0.1) is 13.2 Å². The lowest BCUT2D eigenvalue weighted by molar-refractivity contribution is -0.274. The van der Waals surface area contributed by atoms with Gasteiger partial charge in [0, 0.05) is 5.56 Å². The second-order valence-corrected chi connectivity index (χ2v) is 6.00. The molecule has 0 saturated heterocycles. The van der Waals surface area contributed by atoms with Crippen molar-refractivity contribution in [2.45, 2.75) is 13.3 Å². The van der Waals surface area contributed by atoms with Crippen molar-refractivity contribution >= 4 is 22.6 Å². The number of aromatic nitrogens is 2. The van der Waals surface area contributed by atoms with E-state index in [0.29, 0.717) is 11.3 Å². The molecule has 0 spiro atoms. The molecule has 0 amide bonds. The molecule has 0 bridgehead atoms. The monoisotopic (exact) mass is 421 g/mol. The van der Waals surface area contributed by atoms with Gasteiger partial charge >= 0.3 is 12.3 Å². The van der Waals surface area contributed by atoms with E-state index in [4.69, 9.17) is 4.84 Å². The Balaban J connectivity index is 2.29. The van der Waals surface area contributed by atoms with Gasteiger partial charge in [0.15, 0.2) is 0 Å². The molecule has 0 unspecified atom stereocenters. The molecule has 1 heterocycles. The smallest absolute Gasteiger partial charge is 0.476 e. The fourth-order valence-electron chi connectivity index (χ4n) is 2.89. The molecule has 8 nitrogen and oxygen atoms in total. The van der Waals surface area contributed by atoms with Gasteiger partial charge < -0.3 is 14.7 Å². The Kier molecular flexibility index (Phi) is 5.45. The minimum atomic E-state index is -4.85. The summed E-state index contributed by atoms with van der Waals surface area (Å²) in [5.41, 5.74) is -0.478. The molecule has 0 fully saturated rings. The largest absolute Gasteiger partial charge is 0.573 e. The van der Waals surface area contributed by atoms with Gasteiger partial charge in [0.2, 0.25) is 11.1 Å². The normalized spacial score (nSPS) is 12.1. The van der Waals surface area contributed by atoms with E-state index in [1.807, 2.05) is 0 Å². The van der Waals surface area contributed by atoms with Gasteiger partial charge in [0.1, 0.15) is 12.9 Å². The molecule has 3 aromatic rings. The first-order chi connectivity index (χ1) is 14.1. The first-order valence-corrected chi connectivity index (χ1v) is 8.36. The van der Waals surface area contributed by atoms with Gasteiger partial charge in [-0.2, -0.15) is 5.10 Å². The number of alkyl halides is 3. The highest BCUT2D eigenvalue weighted by Crippen LogP contribution is 2.25. The van der Waals surface area contributed by atoms with Crippen LogP contribution in [0.2, 0.25) is 0 Å². The topological polar surface area (TPSA) is 103 Å². The van der Waals surface area contributed by atoms with Crippen LogP contribution in [-0.4, -0.2) is 40.0 Å². The zero-order valence-electron chi connectivity index (χ0n) is 15.6. The number of oxime groups is 1. The Morgan fingerprint density at radius 3 is 2.40 bits per heavy atom. The Morgan fingerprint density at radius 2 is 1.83 bits per heavy atom. The average Bonchev–Trinajstić information content (AvgIpc) is 2.67. The maximum absolute atomic E-state index is 12.8. The summed E-state index contributed by atoms with van der Waals surface area (Å²) in [5, 5.41) is 17.1. The van der Waals surface area contributed by atoms with Crippen LogP contribution in [0.5, 0.6) is 5.75 Å². The number of ether oxygens (including phenoxy) is 1. The third-order valence-electron chi connectivity index (χ3n) is 4.05. The summed E-state index contributed by atoms with van der Waals surface area (Å²) in [7, 11) is 1.32. The van der Waals surface area contributed by atoms with E-state index in [1.165, 1.54) is 25.3 Å². The van der Waals surface area contributed by atoms with Crippen LogP contribution in [0.1, 0.15) is 23.0 Å². The van der Waals surface area contributed by atoms with Crippen molar-refractivity contribution in [3.63, 3.8) is 0 Å². The second kappa shape index (κ2) is 7.85. The van der Waals surface area contributed by atoms with E-state index in [2.05, 4.69) is 15.0 Å². The number of aromatic carboxylic acids is 1. The highest BCUT2D eigenvalue weighted by molar-refractivity contribution is 6.09. The molecule has 0 atom stereocenters. The Bertz CT molecular complexity index is 1200. The molecular formula is C19H14F3N3O5. The van der Waals surface area contributed by atoms with E-state index in [1.54, 1.807) is 19.1 Å². The minimum Gasteiger partial charge on any atom is -0.476 e. The summed E-state index contributed by atoms with van der Waals surface area (Å²) in [4.78, 5) is 29.1. The summed E-state index contributed by atoms with van der Waals surface area (Å²) in [6.45, 7) is 1.58. The number of nitrogens with zero attached hydrogens (tertiary/aromatic N) is 3.